The van der Waals surface area contributed by atoms with Crippen LogP contribution in [0.25, 0.3) is 0 Å². The highest BCUT2D eigenvalue weighted by molar-refractivity contribution is 6.30. The molecule has 0 radical (unpaired) electrons. The molecule has 0 aromatic heterocycles. The van der Waals surface area contributed by atoms with Gasteiger partial charge in [-0.25, -0.2) is 0 Å². The minimum Gasteiger partial charge on any atom is -0.493 e. The number of hydrogen-bond donors (Lipinski definition) is 0. The van der Waals surface area contributed by atoms with Gasteiger partial charge in [-0.2, -0.15) is 0 Å². The third-order valence-corrected chi connectivity index (χ3v) is 3.66. The van der Waals surface area contributed by atoms with Crippen LogP contribution in [0, 0.1) is 0 Å². The molecule has 1 atom stereocenters. The highest BCUT2D eigenvalue weighted by Gasteiger charge is 2.19. The molecule has 1 unspecified atom stereocenters. The lowest BCUT2D eigenvalue weighted by Gasteiger charge is -2.10. The third-order valence-electron chi connectivity index (χ3n) is 3.45. The van der Waals surface area contributed by atoms with Crippen molar-refractivity contribution in [3.05, 3.63) is 28.3 Å². The quantitative estimate of drug-likeness (QED) is 0.804. The van der Waals surface area contributed by atoms with Crippen molar-refractivity contribution in [2.24, 2.45) is 0 Å². The van der Waals surface area contributed by atoms with Gasteiger partial charge in [0.2, 0.25) is 0 Å². The van der Waals surface area contributed by atoms with Crippen LogP contribution in [0.5, 0.6) is 5.75 Å². The van der Waals surface area contributed by atoms with E-state index in [-0.39, 0.29) is 11.9 Å². The fourth-order valence-electron chi connectivity index (χ4n) is 2.26. The number of Topliss-reactive ketones (excluding diaryl/α,β-unsaturated/α-hetero) is 1. The third kappa shape index (κ3) is 3.71. The van der Waals surface area contributed by atoms with Crippen LogP contribution in [0.1, 0.15) is 30.9 Å². The summed E-state index contributed by atoms with van der Waals surface area (Å²) >= 11 is 6.08. The van der Waals surface area contributed by atoms with Crippen LogP contribution >= 0.6 is 11.6 Å². The Morgan fingerprint density at radius 1 is 1.53 bits per heavy atom. The number of hydrogen-bond acceptors (Lipinski definition) is 3. The molecule has 3 nitrogen and oxygen atoms in total. The molecule has 104 valence electrons. The normalized spacial score (nSPS) is 14.9. The summed E-state index contributed by atoms with van der Waals surface area (Å²) in [7, 11) is 1.66. The molecule has 0 N–H and O–H groups in total. The first-order valence-electron chi connectivity index (χ1n) is 6.58. The highest BCUT2D eigenvalue weighted by atomic mass is 35.5. The predicted molar refractivity (Wildman–Crippen MR) is 75.1 cm³/mol. The first kappa shape index (κ1) is 14.4. The van der Waals surface area contributed by atoms with Gasteiger partial charge in [0.15, 0.2) is 0 Å². The molecule has 0 saturated heterocycles. The van der Waals surface area contributed by atoms with Crippen LogP contribution in [-0.2, 0) is 22.4 Å². The summed E-state index contributed by atoms with van der Waals surface area (Å²) < 4.78 is 10.7. The zero-order valence-corrected chi connectivity index (χ0v) is 12.1. The number of benzene rings is 1. The van der Waals surface area contributed by atoms with Gasteiger partial charge in [0, 0.05) is 37.0 Å². The van der Waals surface area contributed by atoms with Crippen LogP contribution in [0.15, 0.2) is 12.1 Å². The van der Waals surface area contributed by atoms with Crippen molar-refractivity contribution < 1.29 is 14.3 Å². The number of carbonyl (C=O) groups excluding carboxylic acids is 1. The number of carbonyl (C=O) groups is 1. The van der Waals surface area contributed by atoms with Crippen molar-refractivity contribution in [1.29, 1.82) is 0 Å². The van der Waals surface area contributed by atoms with Gasteiger partial charge in [-0.1, -0.05) is 11.6 Å². The Morgan fingerprint density at radius 3 is 3.05 bits per heavy atom. The summed E-state index contributed by atoms with van der Waals surface area (Å²) in [6.07, 6.45) is 2.65. The summed E-state index contributed by atoms with van der Waals surface area (Å²) in [4.78, 5) is 12.0. The molecule has 0 saturated carbocycles. The molecule has 0 spiro atoms. The summed E-state index contributed by atoms with van der Waals surface area (Å²) in [5, 5.41) is 0.678. The monoisotopic (exact) mass is 282 g/mol. The van der Waals surface area contributed by atoms with E-state index in [9.17, 15) is 4.79 Å². The van der Waals surface area contributed by atoms with E-state index in [4.69, 9.17) is 21.1 Å². The molecule has 0 bridgehead atoms. The van der Waals surface area contributed by atoms with Crippen LogP contribution in [0.4, 0.5) is 0 Å². The van der Waals surface area contributed by atoms with Crippen LogP contribution in [0.3, 0.4) is 0 Å². The number of halogens is 1. The van der Waals surface area contributed by atoms with Gasteiger partial charge in [-0.3, -0.25) is 4.79 Å². The minimum absolute atomic E-state index is 0.116. The molecule has 1 aromatic carbocycles. The SMILES string of the molecule is COC(C)CCC(=O)Cc1cc(Cl)cc2c1OCC2. The van der Waals surface area contributed by atoms with Gasteiger partial charge >= 0.3 is 0 Å². The zero-order valence-electron chi connectivity index (χ0n) is 11.4. The Kier molecular flexibility index (Phi) is 4.83. The first-order valence-corrected chi connectivity index (χ1v) is 6.96. The topological polar surface area (TPSA) is 35.5 Å². The van der Waals surface area contributed by atoms with E-state index in [0.717, 1.165) is 29.7 Å². The van der Waals surface area contributed by atoms with E-state index in [1.165, 1.54) is 0 Å². The molecule has 0 fully saturated rings. The Morgan fingerprint density at radius 2 is 2.32 bits per heavy atom. The average Bonchev–Trinajstić information content (AvgIpc) is 2.84. The summed E-state index contributed by atoms with van der Waals surface area (Å²) in [5.41, 5.74) is 2.02. The van der Waals surface area contributed by atoms with Gasteiger partial charge in [0.05, 0.1) is 12.7 Å². The molecule has 4 heteroatoms. The molecule has 0 aliphatic carbocycles. The van der Waals surface area contributed by atoms with E-state index >= 15 is 0 Å². The van der Waals surface area contributed by atoms with Crippen molar-refractivity contribution in [1.82, 2.24) is 0 Å². The van der Waals surface area contributed by atoms with Gasteiger partial charge in [0.25, 0.3) is 0 Å². The number of methoxy groups -OCH3 is 1. The number of ketones is 1. The van der Waals surface area contributed by atoms with E-state index in [1.807, 2.05) is 19.1 Å². The number of fused-ring (bicyclic) bond motifs is 1. The van der Waals surface area contributed by atoms with Crippen LogP contribution in [0.2, 0.25) is 5.02 Å². The van der Waals surface area contributed by atoms with Crippen molar-refractivity contribution in [3.63, 3.8) is 0 Å². The zero-order chi connectivity index (χ0) is 13.8. The average molecular weight is 283 g/mol. The van der Waals surface area contributed by atoms with Gasteiger partial charge < -0.3 is 9.47 Å². The minimum atomic E-state index is 0.116. The fourth-order valence-corrected chi connectivity index (χ4v) is 2.52. The Hall–Kier alpha value is -1.06. The molecular weight excluding hydrogens is 264 g/mol. The lowest BCUT2D eigenvalue weighted by Crippen LogP contribution is -2.10. The first-order chi connectivity index (χ1) is 9.10. The van der Waals surface area contributed by atoms with E-state index in [2.05, 4.69) is 0 Å². The molecule has 0 amide bonds. The Labute approximate surface area is 118 Å². The number of ether oxygens (including phenoxy) is 2. The summed E-state index contributed by atoms with van der Waals surface area (Å²) in [6, 6.07) is 3.76. The van der Waals surface area contributed by atoms with Crippen molar-refractivity contribution in [2.75, 3.05) is 13.7 Å². The standard InChI is InChI=1S/C15H19ClO3/c1-10(18-2)3-4-14(17)9-12-8-13(16)7-11-5-6-19-15(11)12/h7-8,10H,3-6,9H2,1-2H3. The maximum Gasteiger partial charge on any atom is 0.137 e. The molecule has 1 aromatic rings. The molecule has 1 heterocycles. The number of rotatable bonds is 6. The molecular formula is C15H19ClO3. The lowest BCUT2D eigenvalue weighted by molar-refractivity contribution is -0.119. The van der Waals surface area contributed by atoms with Gasteiger partial charge in [0.1, 0.15) is 11.5 Å². The molecule has 19 heavy (non-hydrogen) atoms. The fraction of sp³-hybridized carbons (Fsp3) is 0.533. The van der Waals surface area contributed by atoms with Crippen molar-refractivity contribution in [3.8, 4) is 5.75 Å². The van der Waals surface area contributed by atoms with E-state index < -0.39 is 0 Å². The lowest BCUT2D eigenvalue weighted by atomic mass is 10.0. The summed E-state index contributed by atoms with van der Waals surface area (Å²) in [6.45, 7) is 2.64. The Bertz CT molecular complexity index is 471. The largest absolute Gasteiger partial charge is 0.493 e. The van der Waals surface area contributed by atoms with Crippen LogP contribution in [-0.4, -0.2) is 25.6 Å². The van der Waals surface area contributed by atoms with Crippen molar-refractivity contribution >= 4 is 17.4 Å². The maximum atomic E-state index is 12.0. The molecule has 2 rings (SSSR count). The van der Waals surface area contributed by atoms with E-state index in [1.54, 1.807) is 7.11 Å². The molecule has 1 aliphatic rings. The Balaban J connectivity index is 2.01. The van der Waals surface area contributed by atoms with Crippen LogP contribution < -0.4 is 4.74 Å². The summed E-state index contributed by atoms with van der Waals surface area (Å²) in [5.74, 6) is 1.06. The second-order valence-electron chi connectivity index (χ2n) is 4.95. The van der Waals surface area contributed by atoms with Crippen molar-refractivity contribution in [2.45, 2.75) is 38.7 Å². The van der Waals surface area contributed by atoms with Gasteiger partial charge in [-0.05, 0) is 31.0 Å². The van der Waals surface area contributed by atoms with E-state index in [0.29, 0.717) is 24.5 Å². The highest BCUT2D eigenvalue weighted by Crippen LogP contribution is 2.33. The second kappa shape index (κ2) is 6.40. The smallest absolute Gasteiger partial charge is 0.137 e. The van der Waals surface area contributed by atoms with Gasteiger partial charge in [-0.15, -0.1) is 0 Å². The maximum absolute atomic E-state index is 12.0. The second-order valence-corrected chi connectivity index (χ2v) is 5.39. The predicted octanol–water partition coefficient (Wildman–Crippen LogP) is 3.20. The molecule has 1 aliphatic heterocycles.